The molecule has 0 aliphatic heterocycles. The normalized spacial score (nSPS) is 11.9. The van der Waals surface area contributed by atoms with E-state index in [9.17, 15) is 9.59 Å². The molecular formula is C16H23N3O2S. The van der Waals surface area contributed by atoms with Crippen molar-refractivity contribution in [3.8, 4) is 0 Å². The predicted molar refractivity (Wildman–Crippen MR) is 90.7 cm³/mol. The summed E-state index contributed by atoms with van der Waals surface area (Å²) >= 11 is 1.28. The molecule has 0 aromatic carbocycles. The van der Waals surface area contributed by atoms with Gasteiger partial charge in [0.05, 0.1) is 16.6 Å². The molecule has 0 saturated heterocycles. The Hall–Kier alpha value is -1.69. The summed E-state index contributed by atoms with van der Waals surface area (Å²) < 4.78 is 1.64. The second-order valence-corrected chi connectivity index (χ2v) is 7.54. The van der Waals surface area contributed by atoms with Crippen LogP contribution in [0.1, 0.15) is 55.8 Å². The Balaban J connectivity index is 2.48. The zero-order chi connectivity index (χ0) is 16.5. The van der Waals surface area contributed by atoms with Crippen molar-refractivity contribution in [2.24, 2.45) is 0 Å². The molecule has 0 unspecified atom stereocenters. The highest BCUT2D eigenvalue weighted by Crippen LogP contribution is 2.27. The number of hydrogen-bond acceptors (Lipinski definition) is 4. The van der Waals surface area contributed by atoms with Gasteiger partial charge in [0.25, 0.3) is 11.5 Å². The number of aryl methyl sites for hydroxylation is 2. The number of nitrogens with one attached hydrogen (secondary N) is 1. The van der Waals surface area contributed by atoms with Crippen molar-refractivity contribution in [1.29, 1.82) is 0 Å². The minimum atomic E-state index is -0.311. The first-order chi connectivity index (χ1) is 10.2. The fourth-order valence-electron chi connectivity index (χ4n) is 2.26. The minimum absolute atomic E-state index is 0.0537. The van der Waals surface area contributed by atoms with E-state index in [0.29, 0.717) is 21.6 Å². The number of amides is 1. The number of carbonyl (C=O) groups is 1. The Morgan fingerprint density at radius 1 is 1.41 bits per heavy atom. The van der Waals surface area contributed by atoms with Crippen LogP contribution >= 0.6 is 11.3 Å². The van der Waals surface area contributed by atoms with Crippen LogP contribution in [0.15, 0.2) is 11.1 Å². The first-order valence-electron chi connectivity index (χ1n) is 7.55. The van der Waals surface area contributed by atoms with Crippen LogP contribution in [0, 0.1) is 6.92 Å². The summed E-state index contributed by atoms with van der Waals surface area (Å²) in [6.07, 6.45) is 3.54. The summed E-state index contributed by atoms with van der Waals surface area (Å²) in [6, 6.07) is 0. The standard InChI is InChI=1S/C16H23N3O2S/c1-6-7-8-19-9-17-14-11(15(19)21)10(2)12(22-14)13(20)18-16(3,4)5/h9H,6-8H2,1-5H3,(H,18,20). The molecular weight excluding hydrogens is 298 g/mol. The molecule has 0 saturated carbocycles. The van der Waals surface area contributed by atoms with E-state index < -0.39 is 0 Å². The number of nitrogens with zero attached hydrogens (tertiary/aromatic N) is 2. The van der Waals surface area contributed by atoms with Gasteiger partial charge in [-0.1, -0.05) is 13.3 Å². The van der Waals surface area contributed by atoms with Gasteiger partial charge in [-0.05, 0) is 39.7 Å². The monoisotopic (exact) mass is 321 g/mol. The van der Waals surface area contributed by atoms with Crippen molar-refractivity contribution in [2.45, 2.75) is 59.5 Å². The van der Waals surface area contributed by atoms with Gasteiger partial charge >= 0.3 is 0 Å². The number of rotatable bonds is 4. The average molecular weight is 321 g/mol. The van der Waals surface area contributed by atoms with Crippen molar-refractivity contribution in [1.82, 2.24) is 14.9 Å². The average Bonchev–Trinajstić information content (AvgIpc) is 2.74. The van der Waals surface area contributed by atoms with Crippen LogP contribution in [0.4, 0.5) is 0 Å². The van der Waals surface area contributed by atoms with Crippen LogP contribution in [0.25, 0.3) is 10.2 Å². The quantitative estimate of drug-likeness (QED) is 0.941. The molecule has 120 valence electrons. The molecule has 5 nitrogen and oxygen atoms in total. The maximum Gasteiger partial charge on any atom is 0.262 e. The summed E-state index contributed by atoms with van der Waals surface area (Å²) in [6.45, 7) is 10.4. The van der Waals surface area contributed by atoms with E-state index >= 15 is 0 Å². The first-order valence-corrected chi connectivity index (χ1v) is 8.37. The van der Waals surface area contributed by atoms with Crippen LogP contribution in [0.3, 0.4) is 0 Å². The molecule has 6 heteroatoms. The number of carbonyl (C=O) groups excluding carboxylic acids is 1. The van der Waals surface area contributed by atoms with Crippen molar-refractivity contribution >= 4 is 27.5 Å². The topological polar surface area (TPSA) is 64.0 Å². The number of fused-ring (bicyclic) bond motifs is 1. The van der Waals surface area contributed by atoms with Crippen molar-refractivity contribution in [2.75, 3.05) is 0 Å². The molecule has 2 aromatic heterocycles. The summed E-state index contributed by atoms with van der Waals surface area (Å²) in [5.74, 6) is -0.146. The Morgan fingerprint density at radius 3 is 2.68 bits per heavy atom. The highest BCUT2D eigenvalue weighted by atomic mass is 32.1. The molecule has 2 aromatic rings. The molecule has 0 spiro atoms. The first kappa shape index (κ1) is 16.7. The van der Waals surface area contributed by atoms with E-state index in [1.807, 2.05) is 27.7 Å². The van der Waals surface area contributed by atoms with Gasteiger partial charge in [-0.15, -0.1) is 11.3 Å². The van der Waals surface area contributed by atoms with Gasteiger partial charge in [-0.25, -0.2) is 4.98 Å². The van der Waals surface area contributed by atoms with Gasteiger partial charge in [-0.3, -0.25) is 14.2 Å². The minimum Gasteiger partial charge on any atom is -0.347 e. The van der Waals surface area contributed by atoms with E-state index in [2.05, 4.69) is 17.2 Å². The van der Waals surface area contributed by atoms with E-state index in [-0.39, 0.29) is 17.0 Å². The van der Waals surface area contributed by atoms with Crippen LogP contribution in [0.5, 0.6) is 0 Å². The third-order valence-electron chi connectivity index (χ3n) is 3.36. The van der Waals surface area contributed by atoms with Crippen LogP contribution in [-0.4, -0.2) is 21.0 Å². The van der Waals surface area contributed by atoms with Crippen molar-refractivity contribution in [3.63, 3.8) is 0 Å². The summed E-state index contributed by atoms with van der Waals surface area (Å²) in [4.78, 5) is 30.5. The van der Waals surface area contributed by atoms with Crippen LogP contribution in [-0.2, 0) is 6.54 Å². The lowest BCUT2D eigenvalue weighted by atomic mass is 10.1. The molecule has 0 fully saturated rings. The van der Waals surface area contributed by atoms with E-state index in [1.165, 1.54) is 11.3 Å². The van der Waals surface area contributed by atoms with Gasteiger partial charge in [0, 0.05) is 12.1 Å². The van der Waals surface area contributed by atoms with E-state index in [0.717, 1.165) is 18.4 Å². The molecule has 0 aliphatic rings. The second-order valence-electron chi connectivity index (χ2n) is 6.54. The molecule has 0 aliphatic carbocycles. The molecule has 22 heavy (non-hydrogen) atoms. The van der Waals surface area contributed by atoms with Crippen LogP contribution < -0.4 is 10.9 Å². The summed E-state index contributed by atoms with van der Waals surface area (Å²) in [5, 5.41) is 3.51. The highest BCUT2D eigenvalue weighted by molar-refractivity contribution is 7.20. The summed E-state index contributed by atoms with van der Waals surface area (Å²) in [7, 11) is 0. The molecule has 1 N–H and O–H groups in total. The molecule has 1 amide bonds. The zero-order valence-corrected chi connectivity index (χ0v) is 14.6. The second kappa shape index (κ2) is 6.20. The number of aromatic nitrogens is 2. The molecule has 0 atom stereocenters. The lowest BCUT2D eigenvalue weighted by Crippen LogP contribution is -2.40. The maximum absolute atomic E-state index is 12.6. The number of thiophene rings is 1. The van der Waals surface area contributed by atoms with Gasteiger partial charge in [0.2, 0.25) is 0 Å². The van der Waals surface area contributed by atoms with E-state index in [1.54, 1.807) is 10.9 Å². The Kier molecular flexibility index (Phi) is 4.70. The van der Waals surface area contributed by atoms with Crippen LogP contribution in [0.2, 0.25) is 0 Å². The van der Waals surface area contributed by atoms with Gasteiger partial charge in [-0.2, -0.15) is 0 Å². The fourth-order valence-corrected chi connectivity index (χ4v) is 3.30. The summed E-state index contributed by atoms with van der Waals surface area (Å²) in [5.41, 5.74) is 0.362. The van der Waals surface area contributed by atoms with E-state index in [4.69, 9.17) is 0 Å². The molecule has 2 rings (SSSR count). The van der Waals surface area contributed by atoms with Gasteiger partial charge in [0.1, 0.15) is 4.83 Å². The Morgan fingerprint density at radius 2 is 2.09 bits per heavy atom. The molecule has 0 radical (unpaired) electrons. The fraction of sp³-hybridized carbons (Fsp3) is 0.562. The predicted octanol–water partition coefficient (Wildman–Crippen LogP) is 3.09. The third-order valence-corrected chi connectivity index (χ3v) is 4.56. The van der Waals surface area contributed by atoms with Gasteiger partial charge in [0.15, 0.2) is 0 Å². The SMILES string of the molecule is CCCCn1cnc2sc(C(=O)NC(C)(C)C)c(C)c2c1=O. The maximum atomic E-state index is 12.6. The molecule has 2 heterocycles. The zero-order valence-electron chi connectivity index (χ0n) is 13.8. The number of unbranched alkanes of at least 4 members (excludes halogenated alkanes) is 1. The highest BCUT2D eigenvalue weighted by Gasteiger charge is 2.22. The van der Waals surface area contributed by atoms with Crippen molar-refractivity contribution < 1.29 is 4.79 Å². The molecule has 0 bridgehead atoms. The lowest BCUT2D eigenvalue weighted by molar-refractivity contribution is 0.0923. The Labute approximate surface area is 134 Å². The number of hydrogen-bond donors (Lipinski definition) is 1. The third kappa shape index (κ3) is 3.38. The van der Waals surface area contributed by atoms with Crippen molar-refractivity contribution in [3.05, 3.63) is 27.1 Å². The smallest absolute Gasteiger partial charge is 0.262 e. The lowest BCUT2D eigenvalue weighted by Gasteiger charge is -2.20. The largest absolute Gasteiger partial charge is 0.347 e. The Bertz CT molecular complexity index is 753. The van der Waals surface area contributed by atoms with Gasteiger partial charge < -0.3 is 5.32 Å².